The first-order valence-electron chi connectivity index (χ1n) is 7.87. The predicted molar refractivity (Wildman–Crippen MR) is 93.8 cm³/mol. The number of amides is 2. The van der Waals surface area contributed by atoms with E-state index >= 15 is 0 Å². The molecule has 1 aliphatic rings. The van der Waals surface area contributed by atoms with Gasteiger partial charge in [-0.15, -0.1) is 11.3 Å². The minimum Gasteiger partial charge on any atom is -0.369 e. The van der Waals surface area contributed by atoms with E-state index in [9.17, 15) is 9.59 Å². The van der Waals surface area contributed by atoms with Crippen LogP contribution in [0.1, 0.15) is 15.4 Å². The van der Waals surface area contributed by atoms with Gasteiger partial charge in [0.2, 0.25) is 5.91 Å². The van der Waals surface area contributed by atoms with Crippen LogP contribution >= 0.6 is 11.3 Å². The van der Waals surface area contributed by atoms with Gasteiger partial charge in [-0.3, -0.25) is 14.5 Å². The summed E-state index contributed by atoms with van der Waals surface area (Å²) in [7, 11) is 0. The molecule has 24 heavy (non-hydrogen) atoms. The number of primary amides is 1. The number of carbonyl (C=O) groups excluding carboxylic acids is 2. The summed E-state index contributed by atoms with van der Waals surface area (Å²) in [6.07, 6.45) is 0. The molecule has 2 heterocycles. The molecule has 126 valence electrons. The summed E-state index contributed by atoms with van der Waals surface area (Å²) in [5.74, 6) is -0.313. The zero-order valence-corrected chi connectivity index (χ0v) is 14.4. The lowest BCUT2D eigenvalue weighted by atomic mass is 10.2. The molecule has 2 amide bonds. The van der Waals surface area contributed by atoms with Crippen molar-refractivity contribution in [1.29, 1.82) is 0 Å². The Labute approximate surface area is 144 Å². The van der Waals surface area contributed by atoms with E-state index in [0.717, 1.165) is 16.3 Å². The number of aromatic nitrogens is 1. The highest BCUT2D eigenvalue weighted by Crippen LogP contribution is 2.28. The number of nitrogens with two attached hydrogens (primary N) is 1. The maximum Gasteiger partial charge on any atom is 0.265 e. The van der Waals surface area contributed by atoms with Crippen LogP contribution in [0.15, 0.2) is 30.3 Å². The molecule has 0 bridgehead atoms. The third kappa shape index (κ3) is 3.63. The molecule has 3 rings (SSSR count). The number of rotatable bonds is 4. The third-order valence-corrected chi connectivity index (χ3v) is 5.25. The van der Waals surface area contributed by atoms with Crippen LogP contribution in [0.4, 0.5) is 0 Å². The van der Waals surface area contributed by atoms with E-state index in [4.69, 9.17) is 5.73 Å². The Kier molecular flexibility index (Phi) is 4.92. The largest absolute Gasteiger partial charge is 0.369 e. The van der Waals surface area contributed by atoms with E-state index in [2.05, 4.69) is 4.98 Å². The molecule has 2 N–H and O–H groups in total. The van der Waals surface area contributed by atoms with Crippen molar-refractivity contribution in [2.45, 2.75) is 6.92 Å². The highest BCUT2D eigenvalue weighted by atomic mass is 32.1. The van der Waals surface area contributed by atoms with Crippen LogP contribution in [0.3, 0.4) is 0 Å². The van der Waals surface area contributed by atoms with Crippen LogP contribution in [0.25, 0.3) is 10.6 Å². The number of carbonyl (C=O) groups is 2. The van der Waals surface area contributed by atoms with E-state index in [1.54, 1.807) is 0 Å². The Morgan fingerprint density at radius 2 is 1.83 bits per heavy atom. The fraction of sp³-hybridized carbons (Fsp3) is 0.353. The van der Waals surface area contributed by atoms with E-state index < -0.39 is 0 Å². The maximum absolute atomic E-state index is 12.8. The first-order chi connectivity index (χ1) is 11.5. The van der Waals surface area contributed by atoms with Crippen LogP contribution in [0, 0.1) is 6.92 Å². The Hall–Kier alpha value is -2.25. The fourth-order valence-electron chi connectivity index (χ4n) is 2.77. The molecule has 1 fully saturated rings. The van der Waals surface area contributed by atoms with Crippen LogP contribution < -0.4 is 5.73 Å². The normalized spacial score (nSPS) is 15.5. The van der Waals surface area contributed by atoms with Gasteiger partial charge >= 0.3 is 0 Å². The van der Waals surface area contributed by atoms with Gasteiger partial charge in [0.05, 0.1) is 12.2 Å². The van der Waals surface area contributed by atoms with Crippen LogP contribution in [0.5, 0.6) is 0 Å². The Bertz CT molecular complexity index is 736. The molecule has 1 saturated heterocycles. The standard InChI is InChI=1S/C17H20N4O2S/c1-12-15(24-16(19-12)13-5-3-2-4-6-13)17(23)21-9-7-20(8-10-21)11-14(18)22/h2-6H,7-11H2,1H3,(H2,18,22). The number of nitrogens with zero attached hydrogens (tertiary/aromatic N) is 3. The smallest absolute Gasteiger partial charge is 0.265 e. The van der Waals surface area contributed by atoms with Crippen molar-refractivity contribution in [3.8, 4) is 10.6 Å². The number of thiazole rings is 1. The summed E-state index contributed by atoms with van der Waals surface area (Å²) < 4.78 is 0. The quantitative estimate of drug-likeness (QED) is 0.908. The van der Waals surface area contributed by atoms with Gasteiger partial charge in [-0.2, -0.15) is 0 Å². The lowest BCUT2D eigenvalue weighted by Gasteiger charge is -2.33. The topological polar surface area (TPSA) is 79.5 Å². The Morgan fingerprint density at radius 3 is 2.46 bits per heavy atom. The molecule has 1 aromatic heterocycles. The summed E-state index contributed by atoms with van der Waals surface area (Å²) in [6, 6.07) is 9.88. The molecule has 0 spiro atoms. The van der Waals surface area contributed by atoms with Crippen LogP contribution in [0.2, 0.25) is 0 Å². The summed E-state index contributed by atoms with van der Waals surface area (Å²) >= 11 is 1.44. The molecule has 0 aliphatic carbocycles. The number of benzene rings is 1. The number of piperazine rings is 1. The molecule has 0 atom stereocenters. The SMILES string of the molecule is Cc1nc(-c2ccccc2)sc1C(=O)N1CCN(CC(N)=O)CC1. The molecule has 1 aromatic carbocycles. The first-order valence-corrected chi connectivity index (χ1v) is 8.69. The molecule has 7 heteroatoms. The van der Waals surface area contributed by atoms with Crippen molar-refractivity contribution in [3.63, 3.8) is 0 Å². The maximum atomic E-state index is 12.8. The minimum atomic E-state index is -0.333. The van der Waals surface area contributed by atoms with Gasteiger partial charge in [0, 0.05) is 31.7 Å². The van der Waals surface area contributed by atoms with Crippen molar-refractivity contribution < 1.29 is 9.59 Å². The summed E-state index contributed by atoms with van der Waals surface area (Å²) in [4.78, 5) is 32.8. The molecular weight excluding hydrogens is 324 g/mol. The Balaban J connectivity index is 1.70. The van der Waals surface area contributed by atoms with Gasteiger partial charge in [-0.05, 0) is 6.92 Å². The van der Waals surface area contributed by atoms with E-state index in [1.807, 2.05) is 47.1 Å². The second kappa shape index (κ2) is 7.11. The number of hydrogen-bond acceptors (Lipinski definition) is 5. The van der Waals surface area contributed by atoms with Gasteiger partial charge in [0.15, 0.2) is 0 Å². The lowest BCUT2D eigenvalue weighted by Crippen LogP contribution is -2.50. The minimum absolute atomic E-state index is 0.0194. The third-order valence-electron chi connectivity index (χ3n) is 4.05. The van der Waals surface area contributed by atoms with E-state index in [1.165, 1.54) is 11.3 Å². The van der Waals surface area contributed by atoms with E-state index in [0.29, 0.717) is 31.1 Å². The highest BCUT2D eigenvalue weighted by molar-refractivity contribution is 7.17. The molecular formula is C17H20N4O2S. The molecule has 1 aliphatic heterocycles. The molecule has 6 nitrogen and oxygen atoms in total. The summed E-state index contributed by atoms with van der Waals surface area (Å²) in [5, 5.41) is 0.865. The van der Waals surface area contributed by atoms with Gasteiger partial charge in [-0.25, -0.2) is 4.98 Å². The molecule has 2 aromatic rings. The molecule has 0 unspecified atom stereocenters. The van der Waals surface area contributed by atoms with Crippen molar-refractivity contribution in [2.24, 2.45) is 5.73 Å². The monoisotopic (exact) mass is 344 g/mol. The van der Waals surface area contributed by atoms with Crippen molar-refractivity contribution in [3.05, 3.63) is 40.9 Å². The van der Waals surface area contributed by atoms with Gasteiger partial charge < -0.3 is 10.6 Å². The zero-order valence-electron chi connectivity index (χ0n) is 13.6. The number of hydrogen-bond donors (Lipinski definition) is 1. The fourth-order valence-corrected chi connectivity index (χ4v) is 3.81. The highest BCUT2D eigenvalue weighted by Gasteiger charge is 2.26. The van der Waals surface area contributed by atoms with Gasteiger partial charge in [0.1, 0.15) is 9.88 Å². The van der Waals surface area contributed by atoms with Gasteiger partial charge in [0.25, 0.3) is 5.91 Å². The number of aryl methyl sites for hydroxylation is 1. The summed E-state index contributed by atoms with van der Waals surface area (Å²) in [5.41, 5.74) is 7.01. The second-order valence-corrected chi connectivity index (χ2v) is 6.83. The van der Waals surface area contributed by atoms with Crippen LogP contribution in [-0.2, 0) is 4.79 Å². The second-order valence-electron chi connectivity index (χ2n) is 5.83. The average Bonchev–Trinajstić information content (AvgIpc) is 2.97. The summed E-state index contributed by atoms with van der Waals surface area (Å²) in [6.45, 7) is 4.66. The molecule has 0 radical (unpaired) electrons. The van der Waals surface area contributed by atoms with E-state index in [-0.39, 0.29) is 18.4 Å². The molecule has 0 saturated carbocycles. The van der Waals surface area contributed by atoms with Crippen molar-refractivity contribution >= 4 is 23.2 Å². The average molecular weight is 344 g/mol. The first kappa shape index (κ1) is 16.6. The Morgan fingerprint density at radius 1 is 1.17 bits per heavy atom. The van der Waals surface area contributed by atoms with Gasteiger partial charge in [-0.1, -0.05) is 30.3 Å². The lowest BCUT2D eigenvalue weighted by molar-refractivity contribution is -0.119. The van der Waals surface area contributed by atoms with Crippen molar-refractivity contribution in [1.82, 2.24) is 14.8 Å². The van der Waals surface area contributed by atoms with Crippen molar-refractivity contribution in [2.75, 3.05) is 32.7 Å². The zero-order chi connectivity index (χ0) is 17.1. The predicted octanol–water partition coefficient (Wildman–Crippen LogP) is 1.36. The van der Waals surface area contributed by atoms with Crippen LogP contribution in [-0.4, -0.2) is 59.3 Å².